The first-order valence-corrected chi connectivity index (χ1v) is 6.77. The molecule has 8 heteroatoms. The molecule has 0 saturated heterocycles. The molecule has 114 valence electrons. The zero-order valence-electron chi connectivity index (χ0n) is 11.1. The van der Waals surface area contributed by atoms with Crippen molar-refractivity contribution in [1.29, 1.82) is 0 Å². The smallest absolute Gasteiger partial charge is 0.393 e. The third kappa shape index (κ3) is 2.94. The molecule has 2 N–H and O–H groups in total. The lowest BCUT2D eigenvalue weighted by Crippen LogP contribution is -2.14. The SMILES string of the molecule is OC1CCC(CNc2nccn3nc(C(F)(F)F)cc23)C1. The highest BCUT2D eigenvalue weighted by Gasteiger charge is 2.34. The van der Waals surface area contributed by atoms with Crippen LogP contribution in [0.2, 0.25) is 0 Å². The standard InChI is InChI=1S/C13H15F3N4O/c14-13(15,16)11-6-10-12(17-3-4-20(10)19-11)18-7-8-1-2-9(21)5-8/h3-4,6,8-9,21H,1-2,5,7H2,(H,17,18). The second-order valence-corrected chi connectivity index (χ2v) is 5.35. The number of aliphatic hydroxyl groups is 1. The van der Waals surface area contributed by atoms with Crippen molar-refractivity contribution in [3.63, 3.8) is 0 Å². The maximum atomic E-state index is 12.7. The summed E-state index contributed by atoms with van der Waals surface area (Å²) >= 11 is 0. The van der Waals surface area contributed by atoms with E-state index in [4.69, 9.17) is 0 Å². The molecule has 3 rings (SSSR count). The Morgan fingerprint density at radius 2 is 2.19 bits per heavy atom. The van der Waals surface area contributed by atoms with Gasteiger partial charge in [0.25, 0.3) is 0 Å². The zero-order chi connectivity index (χ0) is 15.0. The van der Waals surface area contributed by atoms with Crippen molar-refractivity contribution in [3.8, 4) is 0 Å². The molecule has 5 nitrogen and oxygen atoms in total. The minimum Gasteiger partial charge on any atom is -0.393 e. The van der Waals surface area contributed by atoms with Gasteiger partial charge in [0.1, 0.15) is 5.52 Å². The van der Waals surface area contributed by atoms with Gasteiger partial charge in [-0.3, -0.25) is 0 Å². The van der Waals surface area contributed by atoms with Gasteiger partial charge < -0.3 is 10.4 Å². The van der Waals surface area contributed by atoms with Crippen LogP contribution in [0.15, 0.2) is 18.5 Å². The van der Waals surface area contributed by atoms with Crippen LogP contribution >= 0.6 is 0 Å². The van der Waals surface area contributed by atoms with Crippen LogP contribution in [0.1, 0.15) is 25.0 Å². The number of nitrogens with zero attached hydrogens (tertiary/aromatic N) is 3. The highest BCUT2D eigenvalue weighted by molar-refractivity contribution is 5.67. The molecule has 2 aromatic rings. The van der Waals surface area contributed by atoms with Crippen molar-refractivity contribution in [2.45, 2.75) is 31.5 Å². The van der Waals surface area contributed by atoms with E-state index in [0.717, 1.165) is 18.9 Å². The molecule has 0 amide bonds. The molecule has 0 radical (unpaired) electrons. The number of anilines is 1. The average Bonchev–Trinajstić information content (AvgIpc) is 3.01. The first-order valence-electron chi connectivity index (χ1n) is 6.77. The molecule has 1 saturated carbocycles. The Bertz CT molecular complexity index is 640. The summed E-state index contributed by atoms with van der Waals surface area (Å²) in [6.07, 6.45) is 0.440. The summed E-state index contributed by atoms with van der Waals surface area (Å²) in [7, 11) is 0. The van der Waals surface area contributed by atoms with Crippen LogP contribution < -0.4 is 5.32 Å². The van der Waals surface area contributed by atoms with Crippen molar-refractivity contribution in [3.05, 3.63) is 24.2 Å². The van der Waals surface area contributed by atoms with E-state index < -0.39 is 11.9 Å². The largest absolute Gasteiger partial charge is 0.435 e. The Morgan fingerprint density at radius 1 is 1.38 bits per heavy atom. The lowest BCUT2D eigenvalue weighted by atomic mass is 10.1. The number of aromatic nitrogens is 3. The fourth-order valence-electron chi connectivity index (χ4n) is 2.67. The molecule has 1 aliphatic carbocycles. The number of alkyl halides is 3. The van der Waals surface area contributed by atoms with Crippen LogP contribution in [-0.2, 0) is 6.18 Å². The second kappa shape index (κ2) is 5.18. The summed E-state index contributed by atoms with van der Waals surface area (Å²) in [6.45, 7) is 0.580. The van der Waals surface area contributed by atoms with Crippen LogP contribution in [0, 0.1) is 5.92 Å². The summed E-state index contributed by atoms with van der Waals surface area (Å²) in [4.78, 5) is 4.08. The van der Waals surface area contributed by atoms with Gasteiger partial charge in [-0.05, 0) is 25.2 Å². The van der Waals surface area contributed by atoms with Crippen LogP contribution in [0.25, 0.3) is 5.52 Å². The third-order valence-electron chi connectivity index (χ3n) is 3.75. The molecular weight excluding hydrogens is 285 g/mol. The molecule has 0 bridgehead atoms. The Balaban J connectivity index is 1.80. The number of aliphatic hydroxyl groups excluding tert-OH is 1. The van der Waals surface area contributed by atoms with Crippen LogP contribution in [0.4, 0.5) is 19.0 Å². The van der Waals surface area contributed by atoms with Crippen molar-refractivity contribution in [2.24, 2.45) is 5.92 Å². The Hall–Kier alpha value is -1.83. The summed E-state index contributed by atoms with van der Waals surface area (Å²) in [5.74, 6) is 0.689. The number of hydrogen-bond donors (Lipinski definition) is 2. The lowest BCUT2D eigenvalue weighted by molar-refractivity contribution is -0.141. The number of hydrogen-bond acceptors (Lipinski definition) is 4. The van der Waals surface area contributed by atoms with E-state index in [2.05, 4.69) is 15.4 Å². The van der Waals surface area contributed by atoms with Gasteiger partial charge in [0.05, 0.1) is 6.10 Å². The summed E-state index contributed by atoms with van der Waals surface area (Å²) in [5.41, 5.74) is -0.641. The van der Waals surface area contributed by atoms with E-state index in [1.165, 1.54) is 16.9 Å². The first kappa shape index (κ1) is 14.1. The van der Waals surface area contributed by atoms with E-state index in [-0.39, 0.29) is 6.10 Å². The molecular formula is C13H15F3N4O. The number of fused-ring (bicyclic) bond motifs is 1. The van der Waals surface area contributed by atoms with Gasteiger partial charge in [-0.25, -0.2) is 9.50 Å². The number of halogens is 3. The van der Waals surface area contributed by atoms with E-state index in [1.54, 1.807) is 0 Å². The quantitative estimate of drug-likeness (QED) is 0.913. The minimum absolute atomic E-state index is 0.271. The first-order chi connectivity index (χ1) is 9.93. The van der Waals surface area contributed by atoms with E-state index >= 15 is 0 Å². The molecule has 1 fully saturated rings. The summed E-state index contributed by atoms with van der Waals surface area (Å²) < 4.78 is 39.2. The van der Waals surface area contributed by atoms with Gasteiger partial charge in [-0.2, -0.15) is 18.3 Å². The van der Waals surface area contributed by atoms with Gasteiger partial charge in [-0.15, -0.1) is 0 Å². The van der Waals surface area contributed by atoms with E-state index in [1.807, 2.05) is 0 Å². The van der Waals surface area contributed by atoms with Crippen LogP contribution in [0.3, 0.4) is 0 Å². The predicted octanol–water partition coefficient (Wildman–Crippen LogP) is 2.32. The minimum atomic E-state index is -4.47. The van der Waals surface area contributed by atoms with Gasteiger partial charge in [0.2, 0.25) is 0 Å². The lowest BCUT2D eigenvalue weighted by Gasteiger charge is -2.11. The van der Waals surface area contributed by atoms with Gasteiger partial charge in [0.15, 0.2) is 11.5 Å². The predicted molar refractivity (Wildman–Crippen MR) is 69.8 cm³/mol. The van der Waals surface area contributed by atoms with Crippen molar-refractivity contribution >= 4 is 11.3 Å². The Labute approximate surface area is 118 Å². The fraction of sp³-hybridized carbons (Fsp3) is 0.538. The monoisotopic (exact) mass is 300 g/mol. The number of rotatable bonds is 3. The topological polar surface area (TPSA) is 62.5 Å². The molecule has 0 aliphatic heterocycles. The maximum Gasteiger partial charge on any atom is 0.435 e. The fourth-order valence-corrected chi connectivity index (χ4v) is 2.67. The molecule has 0 aromatic carbocycles. The van der Waals surface area contributed by atoms with Crippen molar-refractivity contribution in [1.82, 2.24) is 14.6 Å². The normalized spacial score (nSPS) is 22.9. The molecule has 2 heterocycles. The van der Waals surface area contributed by atoms with Crippen LogP contribution in [-0.4, -0.2) is 32.4 Å². The van der Waals surface area contributed by atoms with Gasteiger partial charge in [-0.1, -0.05) is 0 Å². The molecule has 0 spiro atoms. The zero-order valence-corrected chi connectivity index (χ0v) is 11.1. The van der Waals surface area contributed by atoms with E-state index in [9.17, 15) is 18.3 Å². The van der Waals surface area contributed by atoms with Crippen molar-refractivity contribution < 1.29 is 18.3 Å². The highest BCUT2D eigenvalue weighted by atomic mass is 19.4. The maximum absolute atomic E-state index is 12.7. The Kier molecular flexibility index (Phi) is 3.48. The molecule has 2 unspecified atom stereocenters. The van der Waals surface area contributed by atoms with Crippen LogP contribution in [0.5, 0.6) is 0 Å². The highest BCUT2D eigenvalue weighted by Crippen LogP contribution is 2.30. The molecule has 21 heavy (non-hydrogen) atoms. The second-order valence-electron chi connectivity index (χ2n) is 5.35. The average molecular weight is 300 g/mol. The summed E-state index contributed by atoms with van der Waals surface area (Å²) in [5, 5.41) is 16.1. The van der Waals surface area contributed by atoms with E-state index in [0.29, 0.717) is 30.2 Å². The van der Waals surface area contributed by atoms with Crippen molar-refractivity contribution in [2.75, 3.05) is 11.9 Å². The third-order valence-corrected chi connectivity index (χ3v) is 3.75. The van der Waals surface area contributed by atoms with Gasteiger partial charge >= 0.3 is 6.18 Å². The Morgan fingerprint density at radius 3 is 2.86 bits per heavy atom. The molecule has 2 aromatic heterocycles. The number of nitrogens with one attached hydrogen (secondary N) is 1. The van der Waals surface area contributed by atoms with Gasteiger partial charge in [0, 0.05) is 25.0 Å². The molecule has 1 aliphatic rings. The summed E-state index contributed by atoms with van der Waals surface area (Å²) in [6, 6.07) is 0.985. The molecule has 2 atom stereocenters.